The fourth-order valence-corrected chi connectivity index (χ4v) is 3.45. The van der Waals surface area contributed by atoms with Gasteiger partial charge in [0.25, 0.3) is 5.69 Å². The summed E-state index contributed by atoms with van der Waals surface area (Å²) in [5.74, 6) is -1.08. The minimum absolute atomic E-state index is 0.0694. The van der Waals surface area contributed by atoms with E-state index in [1.807, 2.05) is 0 Å². The number of methoxy groups -OCH3 is 1. The number of rotatable bonds is 5. The van der Waals surface area contributed by atoms with E-state index in [2.05, 4.69) is 4.74 Å². The number of esters is 1. The summed E-state index contributed by atoms with van der Waals surface area (Å²) in [6.45, 7) is 2.92. The molecule has 0 saturated heterocycles. The first kappa shape index (κ1) is 16.1. The topological polar surface area (TPSA) is 104 Å². The molecule has 1 aromatic carbocycles. The monoisotopic (exact) mass is 301 g/mol. The molecule has 1 aromatic rings. The smallest absolute Gasteiger partial charge is 0.312 e. The van der Waals surface area contributed by atoms with Crippen molar-refractivity contribution in [1.82, 2.24) is 0 Å². The minimum atomic E-state index is -3.74. The molecule has 0 heterocycles. The molecule has 0 N–H and O–H groups in total. The van der Waals surface area contributed by atoms with E-state index in [1.54, 1.807) is 0 Å². The van der Waals surface area contributed by atoms with Crippen molar-refractivity contribution in [1.29, 1.82) is 0 Å². The molecular formula is C12H15NO6S. The molecule has 0 spiro atoms. The van der Waals surface area contributed by atoms with Crippen LogP contribution in [0.3, 0.4) is 0 Å². The molecule has 0 aromatic heterocycles. The highest BCUT2D eigenvalue weighted by Gasteiger charge is 2.35. The Morgan fingerprint density at radius 3 is 2.20 bits per heavy atom. The summed E-state index contributed by atoms with van der Waals surface area (Å²) >= 11 is 0. The molecule has 0 fully saturated rings. The van der Waals surface area contributed by atoms with Gasteiger partial charge >= 0.3 is 5.97 Å². The van der Waals surface area contributed by atoms with E-state index in [0.29, 0.717) is 0 Å². The van der Waals surface area contributed by atoms with Crippen molar-refractivity contribution in [3.05, 3.63) is 34.4 Å². The molecule has 0 bridgehead atoms. The molecule has 0 aliphatic rings. The van der Waals surface area contributed by atoms with Crippen molar-refractivity contribution in [3.63, 3.8) is 0 Å². The van der Waals surface area contributed by atoms with Crippen LogP contribution >= 0.6 is 0 Å². The summed E-state index contributed by atoms with van der Waals surface area (Å²) in [5, 5.41) is 10.5. The van der Waals surface area contributed by atoms with Crippen LogP contribution in [0.15, 0.2) is 29.2 Å². The average molecular weight is 301 g/mol. The molecule has 0 aliphatic carbocycles. The number of hydrogen-bond acceptors (Lipinski definition) is 6. The van der Waals surface area contributed by atoms with Gasteiger partial charge in [0.1, 0.15) is 0 Å². The maximum atomic E-state index is 12.2. The standard InChI is InChI=1S/C12H15NO6S/c1-12(2,11(14)19-3)8-20(17,18)10-6-4-9(5-7-10)13(15)16/h4-7H,8H2,1-3H3. The van der Waals surface area contributed by atoms with Crippen LogP contribution in [0.25, 0.3) is 0 Å². The number of carbonyl (C=O) groups excluding carboxylic acids is 1. The van der Waals surface area contributed by atoms with Crippen LogP contribution in [-0.2, 0) is 19.4 Å². The van der Waals surface area contributed by atoms with E-state index in [-0.39, 0.29) is 10.6 Å². The van der Waals surface area contributed by atoms with Crippen LogP contribution in [0.2, 0.25) is 0 Å². The van der Waals surface area contributed by atoms with Crippen LogP contribution < -0.4 is 0 Å². The van der Waals surface area contributed by atoms with Gasteiger partial charge in [-0.05, 0) is 26.0 Å². The normalized spacial score (nSPS) is 11.9. The lowest BCUT2D eigenvalue weighted by Crippen LogP contribution is -2.33. The predicted molar refractivity (Wildman–Crippen MR) is 70.9 cm³/mol. The number of sulfone groups is 1. The Labute approximate surface area is 116 Å². The summed E-state index contributed by atoms with van der Waals surface area (Å²) in [6.07, 6.45) is 0. The van der Waals surface area contributed by atoms with Gasteiger partial charge in [0.2, 0.25) is 0 Å². The molecule has 0 amide bonds. The number of nitrogens with zero attached hydrogens (tertiary/aromatic N) is 1. The van der Waals surface area contributed by atoms with Gasteiger partial charge in [-0.1, -0.05) is 0 Å². The molecule has 110 valence electrons. The van der Waals surface area contributed by atoms with Gasteiger partial charge in [-0.15, -0.1) is 0 Å². The van der Waals surface area contributed by atoms with E-state index in [9.17, 15) is 23.3 Å². The van der Waals surface area contributed by atoms with E-state index in [0.717, 1.165) is 24.3 Å². The van der Waals surface area contributed by atoms with E-state index in [1.165, 1.54) is 21.0 Å². The molecule has 8 heteroatoms. The highest BCUT2D eigenvalue weighted by Crippen LogP contribution is 2.25. The second-order valence-electron chi connectivity index (χ2n) is 4.89. The summed E-state index contributed by atoms with van der Waals surface area (Å²) in [7, 11) is -2.56. The van der Waals surface area contributed by atoms with Gasteiger partial charge < -0.3 is 4.74 Å². The second-order valence-corrected chi connectivity index (χ2v) is 6.88. The number of hydrogen-bond donors (Lipinski definition) is 0. The summed E-state index contributed by atoms with van der Waals surface area (Å²) in [4.78, 5) is 21.3. The summed E-state index contributed by atoms with van der Waals surface area (Å²) in [6, 6.07) is 4.53. The number of non-ortho nitro benzene ring substituents is 1. The van der Waals surface area contributed by atoms with Gasteiger partial charge in [0, 0.05) is 12.1 Å². The highest BCUT2D eigenvalue weighted by atomic mass is 32.2. The Balaban J connectivity index is 3.05. The zero-order chi connectivity index (χ0) is 15.6. The van der Waals surface area contributed by atoms with Crippen molar-refractivity contribution < 1.29 is 22.9 Å². The first-order chi connectivity index (χ1) is 9.10. The third kappa shape index (κ3) is 3.53. The number of nitro groups is 1. The van der Waals surface area contributed by atoms with Crippen LogP contribution in [-0.4, -0.2) is 32.2 Å². The van der Waals surface area contributed by atoms with Gasteiger partial charge in [-0.25, -0.2) is 8.42 Å². The fourth-order valence-electron chi connectivity index (χ4n) is 1.67. The number of carbonyl (C=O) groups is 1. The predicted octanol–water partition coefficient (Wildman–Crippen LogP) is 1.57. The first-order valence-electron chi connectivity index (χ1n) is 5.66. The van der Waals surface area contributed by atoms with Crippen molar-refractivity contribution in [2.45, 2.75) is 18.7 Å². The quantitative estimate of drug-likeness (QED) is 0.464. The van der Waals surface area contributed by atoms with Crippen LogP contribution in [0.1, 0.15) is 13.8 Å². The molecule has 0 radical (unpaired) electrons. The number of ether oxygens (including phenoxy) is 1. The lowest BCUT2D eigenvalue weighted by molar-refractivity contribution is -0.384. The second kappa shape index (κ2) is 5.58. The Bertz CT molecular complexity index is 618. The molecule has 7 nitrogen and oxygen atoms in total. The van der Waals surface area contributed by atoms with Crippen LogP contribution in [0.4, 0.5) is 5.69 Å². The number of benzene rings is 1. The molecule has 0 unspecified atom stereocenters. The van der Waals surface area contributed by atoms with Crippen LogP contribution in [0, 0.1) is 15.5 Å². The third-order valence-electron chi connectivity index (χ3n) is 2.70. The van der Waals surface area contributed by atoms with Gasteiger partial charge in [0.15, 0.2) is 9.84 Å². The Hall–Kier alpha value is -1.96. The average Bonchev–Trinajstić information content (AvgIpc) is 2.36. The van der Waals surface area contributed by atoms with E-state index >= 15 is 0 Å². The third-order valence-corrected chi connectivity index (χ3v) is 4.79. The van der Waals surface area contributed by atoms with Crippen molar-refractivity contribution in [3.8, 4) is 0 Å². The zero-order valence-electron chi connectivity index (χ0n) is 11.3. The molecular weight excluding hydrogens is 286 g/mol. The fraction of sp³-hybridized carbons (Fsp3) is 0.417. The largest absolute Gasteiger partial charge is 0.469 e. The summed E-state index contributed by atoms with van der Waals surface area (Å²) < 4.78 is 28.9. The van der Waals surface area contributed by atoms with Gasteiger partial charge in [0.05, 0.1) is 28.1 Å². The molecule has 20 heavy (non-hydrogen) atoms. The molecule has 0 saturated carbocycles. The lowest BCUT2D eigenvalue weighted by Gasteiger charge is -2.21. The van der Waals surface area contributed by atoms with Gasteiger partial charge in [-0.2, -0.15) is 0 Å². The first-order valence-corrected chi connectivity index (χ1v) is 7.31. The molecule has 0 aliphatic heterocycles. The zero-order valence-corrected chi connectivity index (χ0v) is 12.1. The maximum Gasteiger partial charge on any atom is 0.312 e. The minimum Gasteiger partial charge on any atom is -0.469 e. The van der Waals surface area contributed by atoms with Crippen molar-refractivity contribution in [2.75, 3.05) is 12.9 Å². The van der Waals surface area contributed by atoms with E-state index in [4.69, 9.17) is 0 Å². The maximum absolute atomic E-state index is 12.2. The lowest BCUT2D eigenvalue weighted by atomic mass is 9.97. The molecule has 0 atom stereocenters. The number of nitro benzene ring substituents is 1. The Morgan fingerprint density at radius 1 is 1.30 bits per heavy atom. The van der Waals surface area contributed by atoms with Crippen LogP contribution in [0.5, 0.6) is 0 Å². The van der Waals surface area contributed by atoms with E-state index < -0.39 is 31.9 Å². The van der Waals surface area contributed by atoms with Crippen molar-refractivity contribution >= 4 is 21.5 Å². The Morgan fingerprint density at radius 2 is 1.80 bits per heavy atom. The van der Waals surface area contributed by atoms with Crippen molar-refractivity contribution in [2.24, 2.45) is 5.41 Å². The molecule has 1 rings (SSSR count). The summed E-state index contributed by atoms with van der Waals surface area (Å²) in [5.41, 5.74) is -1.40. The SMILES string of the molecule is COC(=O)C(C)(C)CS(=O)(=O)c1ccc([N+](=O)[O-])cc1. The Kier molecular flexibility index (Phi) is 4.49. The highest BCUT2D eigenvalue weighted by molar-refractivity contribution is 7.91. The van der Waals surface area contributed by atoms with Gasteiger partial charge in [-0.3, -0.25) is 14.9 Å².